The second kappa shape index (κ2) is 9.17. The lowest BCUT2D eigenvalue weighted by Gasteiger charge is -2.44. The molecule has 1 heterocycles. The Hall–Kier alpha value is -3.11. The van der Waals surface area contributed by atoms with Crippen LogP contribution in [0.4, 0.5) is 18.9 Å². The van der Waals surface area contributed by atoms with Gasteiger partial charge in [-0.2, -0.15) is 0 Å². The first-order valence-electron chi connectivity index (χ1n) is 10.2. The van der Waals surface area contributed by atoms with E-state index in [2.05, 4.69) is 9.58 Å². The molecule has 0 radical (unpaired) electrons. The molecule has 7 heteroatoms. The van der Waals surface area contributed by atoms with Gasteiger partial charge in [0.15, 0.2) is 5.69 Å². The van der Waals surface area contributed by atoms with Gasteiger partial charge in [0, 0.05) is 24.2 Å². The van der Waals surface area contributed by atoms with Crippen molar-refractivity contribution in [3.8, 4) is 0 Å². The number of alkyl halides is 1. The molecule has 0 amide bonds. The molecular weight excluding hydrogens is 417 g/mol. The summed E-state index contributed by atoms with van der Waals surface area (Å²) in [5, 5.41) is 0. The van der Waals surface area contributed by atoms with Crippen LogP contribution in [-0.2, 0) is 16.0 Å². The first-order valence-corrected chi connectivity index (χ1v) is 10.2. The van der Waals surface area contributed by atoms with Crippen molar-refractivity contribution in [3.63, 3.8) is 0 Å². The van der Waals surface area contributed by atoms with E-state index in [4.69, 9.17) is 6.57 Å². The van der Waals surface area contributed by atoms with E-state index in [0.29, 0.717) is 17.7 Å². The standard InChI is InChI=1S/C25H25F3N2O2/c1-15-10-17-13-18(29-4)7-8-19(17)24(30(15)14-25(2,3)28)23-20(26)11-16(12-21(23)27)6-9-22(31)32-5/h6-9,11-13,15,24H,10,14H2,1-3,5H3/b9-6+. The molecule has 0 fully saturated rings. The lowest BCUT2D eigenvalue weighted by molar-refractivity contribution is -0.134. The topological polar surface area (TPSA) is 33.9 Å². The van der Waals surface area contributed by atoms with Gasteiger partial charge >= 0.3 is 5.97 Å². The van der Waals surface area contributed by atoms with E-state index < -0.39 is 29.3 Å². The van der Waals surface area contributed by atoms with Gasteiger partial charge in [-0.05, 0) is 56.5 Å². The van der Waals surface area contributed by atoms with Crippen LogP contribution in [0.2, 0.25) is 0 Å². The summed E-state index contributed by atoms with van der Waals surface area (Å²) in [4.78, 5) is 16.5. The molecule has 1 aliphatic rings. The average molecular weight is 442 g/mol. The van der Waals surface area contributed by atoms with Crippen LogP contribution >= 0.6 is 0 Å². The SMILES string of the molecule is [C-]#[N+]c1ccc2c(c1)CC(C)N(CC(C)(C)F)C2c1c(F)cc(/C=C/C(=O)OC)cc1F. The van der Waals surface area contributed by atoms with Crippen LogP contribution in [0, 0.1) is 18.2 Å². The highest BCUT2D eigenvalue weighted by molar-refractivity contribution is 5.86. The lowest BCUT2D eigenvalue weighted by atomic mass is 9.83. The summed E-state index contributed by atoms with van der Waals surface area (Å²) in [5.41, 5.74) is 0.300. The van der Waals surface area contributed by atoms with Crippen LogP contribution in [0.3, 0.4) is 0 Å². The Labute approximate surface area is 186 Å². The number of ether oxygens (including phenoxy) is 1. The molecule has 2 aromatic carbocycles. The first-order chi connectivity index (χ1) is 15.0. The Balaban J connectivity index is 2.16. The molecule has 3 rings (SSSR count). The molecule has 1 aliphatic heterocycles. The van der Waals surface area contributed by atoms with Gasteiger partial charge in [-0.3, -0.25) is 4.90 Å². The Kier molecular flexibility index (Phi) is 6.75. The zero-order valence-corrected chi connectivity index (χ0v) is 18.5. The predicted octanol–water partition coefficient (Wildman–Crippen LogP) is 5.79. The van der Waals surface area contributed by atoms with Gasteiger partial charge in [-0.1, -0.05) is 23.8 Å². The van der Waals surface area contributed by atoms with Crippen LogP contribution in [0.5, 0.6) is 0 Å². The molecule has 168 valence electrons. The molecule has 0 saturated carbocycles. The summed E-state index contributed by atoms with van der Waals surface area (Å²) in [5.74, 6) is -2.23. The number of hydrogen-bond donors (Lipinski definition) is 0. The first kappa shape index (κ1) is 23.6. The third-order valence-electron chi connectivity index (χ3n) is 5.51. The molecule has 32 heavy (non-hydrogen) atoms. The van der Waals surface area contributed by atoms with Gasteiger partial charge in [0.05, 0.1) is 19.7 Å². The number of carbonyl (C=O) groups excluding carboxylic acids is 1. The quantitative estimate of drug-likeness (QED) is 0.334. The predicted molar refractivity (Wildman–Crippen MR) is 117 cm³/mol. The van der Waals surface area contributed by atoms with Gasteiger partial charge in [0.1, 0.15) is 17.3 Å². The normalized spacial score (nSPS) is 18.9. The number of carbonyl (C=O) groups is 1. The van der Waals surface area contributed by atoms with E-state index in [1.807, 2.05) is 6.92 Å². The van der Waals surface area contributed by atoms with E-state index in [-0.39, 0.29) is 23.7 Å². The summed E-state index contributed by atoms with van der Waals surface area (Å²) in [6, 6.07) is 6.25. The third kappa shape index (κ3) is 5.03. The number of nitrogens with zero attached hydrogens (tertiary/aromatic N) is 2. The monoisotopic (exact) mass is 442 g/mol. The van der Waals surface area contributed by atoms with Crippen LogP contribution in [0.1, 0.15) is 49.1 Å². The fraction of sp³-hybridized carbons (Fsp3) is 0.360. The van der Waals surface area contributed by atoms with Gasteiger partial charge < -0.3 is 4.74 Å². The average Bonchev–Trinajstić information content (AvgIpc) is 2.72. The summed E-state index contributed by atoms with van der Waals surface area (Å²) >= 11 is 0. The van der Waals surface area contributed by atoms with Crippen molar-refractivity contribution in [2.45, 2.75) is 44.9 Å². The zero-order valence-electron chi connectivity index (χ0n) is 18.5. The Morgan fingerprint density at radius 3 is 2.50 bits per heavy atom. The van der Waals surface area contributed by atoms with Crippen LogP contribution in [0.25, 0.3) is 10.9 Å². The maximum atomic E-state index is 15.3. The fourth-order valence-corrected chi connectivity index (χ4v) is 4.17. The molecule has 4 nitrogen and oxygen atoms in total. The van der Waals surface area contributed by atoms with Crippen molar-refractivity contribution in [1.82, 2.24) is 4.90 Å². The van der Waals surface area contributed by atoms with Gasteiger partial charge in [0.25, 0.3) is 0 Å². The van der Waals surface area contributed by atoms with E-state index in [1.54, 1.807) is 23.1 Å². The van der Waals surface area contributed by atoms with Crippen LogP contribution in [0.15, 0.2) is 36.4 Å². The number of benzene rings is 2. The Morgan fingerprint density at radius 1 is 1.28 bits per heavy atom. The van der Waals surface area contributed by atoms with Crippen molar-refractivity contribution in [3.05, 3.63) is 81.7 Å². The summed E-state index contributed by atoms with van der Waals surface area (Å²) < 4.78 is 49.8. The highest BCUT2D eigenvalue weighted by Crippen LogP contribution is 2.42. The van der Waals surface area contributed by atoms with Crippen molar-refractivity contribution >= 4 is 17.7 Å². The summed E-state index contributed by atoms with van der Waals surface area (Å²) in [6.07, 6.45) is 2.88. The minimum atomic E-state index is -1.59. The second-order valence-electron chi connectivity index (χ2n) is 8.60. The van der Waals surface area contributed by atoms with Crippen molar-refractivity contribution in [2.24, 2.45) is 0 Å². The largest absolute Gasteiger partial charge is 0.466 e. The maximum absolute atomic E-state index is 15.3. The number of halogens is 3. The van der Waals surface area contributed by atoms with Gasteiger partial charge in [0.2, 0.25) is 0 Å². The smallest absolute Gasteiger partial charge is 0.330 e. The van der Waals surface area contributed by atoms with Crippen molar-refractivity contribution in [1.29, 1.82) is 0 Å². The maximum Gasteiger partial charge on any atom is 0.330 e. The summed E-state index contributed by atoms with van der Waals surface area (Å²) in [6.45, 7) is 12.0. The van der Waals surface area contributed by atoms with E-state index >= 15 is 8.78 Å². The molecule has 0 aromatic heterocycles. The summed E-state index contributed by atoms with van der Waals surface area (Å²) in [7, 11) is 1.21. The second-order valence-corrected chi connectivity index (χ2v) is 8.60. The number of methoxy groups -OCH3 is 1. The third-order valence-corrected chi connectivity index (χ3v) is 5.51. The molecule has 2 aromatic rings. The molecule has 0 N–H and O–H groups in total. The lowest BCUT2D eigenvalue weighted by Crippen LogP contribution is -2.48. The molecule has 2 unspecified atom stereocenters. The Bertz CT molecular complexity index is 1080. The molecule has 2 atom stereocenters. The molecule has 0 saturated heterocycles. The minimum Gasteiger partial charge on any atom is -0.466 e. The fourth-order valence-electron chi connectivity index (χ4n) is 4.17. The van der Waals surface area contributed by atoms with Gasteiger partial charge in [-0.15, -0.1) is 0 Å². The molecular formula is C25H25F3N2O2. The highest BCUT2D eigenvalue weighted by atomic mass is 19.1. The van der Waals surface area contributed by atoms with Crippen molar-refractivity contribution in [2.75, 3.05) is 13.7 Å². The minimum absolute atomic E-state index is 0.0221. The van der Waals surface area contributed by atoms with E-state index in [0.717, 1.165) is 23.8 Å². The number of esters is 1. The number of fused-ring (bicyclic) bond motifs is 1. The van der Waals surface area contributed by atoms with Crippen LogP contribution in [-0.4, -0.2) is 36.2 Å². The molecule has 0 aliphatic carbocycles. The van der Waals surface area contributed by atoms with Gasteiger partial charge in [-0.25, -0.2) is 22.8 Å². The highest BCUT2D eigenvalue weighted by Gasteiger charge is 2.39. The Morgan fingerprint density at radius 2 is 1.94 bits per heavy atom. The molecule has 0 spiro atoms. The zero-order chi connectivity index (χ0) is 23.6. The number of rotatable bonds is 5. The molecule has 0 bridgehead atoms. The van der Waals surface area contributed by atoms with E-state index in [1.165, 1.54) is 27.0 Å². The number of hydrogen-bond acceptors (Lipinski definition) is 3. The van der Waals surface area contributed by atoms with Crippen LogP contribution < -0.4 is 0 Å². The van der Waals surface area contributed by atoms with Crippen molar-refractivity contribution < 1.29 is 22.7 Å². The van der Waals surface area contributed by atoms with E-state index in [9.17, 15) is 9.18 Å².